The van der Waals surface area contributed by atoms with E-state index in [1.807, 2.05) is 6.07 Å². The van der Waals surface area contributed by atoms with Crippen LogP contribution >= 0.6 is 11.8 Å². The minimum atomic E-state index is 0.0182. The number of benzene rings is 1. The second-order valence-electron chi connectivity index (χ2n) is 6.35. The molecule has 0 N–H and O–H groups in total. The van der Waals surface area contributed by atoms with E-state index < -0.39 is 0 Å². The maximum absolute atomic E-state index is 12.4. The van der Waals surface area contributed by atoms with E-state index >= 15 is 0 Å². The molecule has 1 aliphatic carbocycles. The first kappa shape index (κ1) is 17.5. The number of Topliss-reactive ketones (excluding diaryl/α,β-unsaturated/α-hetero) is 1. The topological polar surface area (TPSA) is 63.0 Å². The van der Waals surface area contributed by atoms with Crippen LogP contribution in [0.1, 0.15) is 40.5 Å². The number of carbonyl (C=O) groups excluding carboxylic acids is 1. The Bertz CT molecular complexity index is 825. The monoisotopic (exact) mass is 352 g/mol. The Hall–Kier alpha value is -2.32. The van der Waals surface area contributed by atoms with Gasteiger partial charge in [-0.3, -0.25) is 4.79 Å². The molecule has 1 aliphatic rings. The summed E-state index contributed by atoms with van der Waals surface area (Å²) >= 11 is 1.34. The van der Waals surface area contributed by atoms with Gasteiger partial charge in [0.1, 0.15) is 16.8 Å². The Morgan fingerprint density at radius 2 is 2.16 bits per heavy atom. The molecule has 1 aromatic heterocycles. The molecule has 0 radical (unpaired) electrons. The minimum Gasteiger partial charge on any atom is -0.497 e. The average molecular weight is 352 g/mol. The van der Waals surface area contributed by atoms with Crippen LogP contribution in [-0.4, -0.2) is 23.6 Å². The molecule has 0 saturated carbocycles. The van der Waals surface area contributed by atoms with Gasteiger partial charge in [0.2, 0.25) is 0 Å². The van der Waals surface area contributed by atoms with E-state index in [4.69, 9.17) is 4.74 Å². The van der Waals surface area contributed by atoms with Crippen molar-refractivity contribution in [3.8, 4) is 11.8 Å². The summed E-state index contributed by atoms with van der Waals surface area (Å²) in [5, 5.41) is 10.1. The lowest BCUT2D eigenvalue weighted by molar-refractivity contribution is 0.102. The maximum atomic E-state index is 12.4. The third kappa shape index (κ3) is 4.02. The number of pyridine rings is 1. The number of hydrogen-bond donors (Lipinski definition) is 0. The summed E-state index contributed by atoms with van der Waals surface area (Å²) < 4.78 is 5.11. The molecular weight excluding hydrogens is 332 g/mol. The lowest BCUT2D eigenvalue weighted by atomic mass is 9.87. The molecule has 2 aromatic rings. The highest BCUT2D eigenvalue weighted by atomic mass is 32.2. The number of methoxy groups -OCH3 is 1. The van der Waals surface area contributed by atoms with Gasteiger partial charge in [-0.05, 0) is 61.1 Å². The Morgan fingerprint density at radius 1 is 1.40 bits per heavy atom. The van der Waals surface area contributed by atoms with Crippen molar-refractivity contribution in [2.45, 2.75) is 31.2 Å². The predicted molar refractivity (Wildman–Crippen MR) is 98.2 cm³/mol. The van der Waals surface area contributed by atoms with E-state index in [0.717, 1.165) is 30.7 Å². The molecule has 5 heteroatoms. The zero-order chi connectivity index (χ0) is 17.8. The maximum Gasteiger partial charge on any atom is 0.173 e. The molecule has 128 valence electrons. The van der Waals surface area contributed by atoms with Crippen molar-refractivity contribution < 1.29 is 9.53 Å². The molecule has 0 spiro atoms. The second kappa shape index (κ2) is 7.71. The standard InChI is InChI=1S/C20H20N2O2S/c1-13-3-8-18-15(9-13)10-16(11-21)20(22-18)25-12-19(23)14-4-6-17(24-2)7-5-14/h4-7,10,13H,3,8-9,12H2,1-2H3. The SMILES string of the molecule is COc1ccc(C(=O)CSc2nc3c(cc2C#N)CC(C)CC3)cc1. The van der Waals surface area contributed by atoms with Crippen LogP contribution in [-0.2, 0) is 12.8 Å². The smallest absolute Gasteiger partial charge is 0.173 e. The molecule has 25 heavy (non-hydrogen) atoms. The van der Waals surface area contributed by atoms with Gasteiger partial charge in [0.25, 0.3) is 0 Å². The molecule has 0 amide bonds. The number of carbonyl (C=O) groups is 1. The van der Waals surface area contributed by atoms with Gasteiger partial charge in [-0.2, -0.15) is 5.26 Å². The summed E-state index contributed by atoms with van der Waals surface area (Å²) in [6, 6.07) is 11.3. The van der Waals surface area contributed by atoms with E-state index in [1.165, 1.54) is 17.3 Å². The van der Waals surface area contributed by atoms with Crippen molar-refractivity contribution in [2.24, 2.45) is 5.92 Å². The van der Waals surface area contributed by atoms with E-state index in [0.29, 0.717) is 22.1 Å². The van der Waals surface area contributed by atoms with E-state index in [-0.39, 0.29) is 11.5 Å². The first-order valence-corrected chi connectivity index (χ1v) is 9.32. The number of thioether (sulfide) groups is 1. The van der Waals surface area contributed by atoms with Crippen molar-refractivity contribution in [3.63, 3.8) is 0 Å². The van der Waals surface area contributed by atoms with Gasteiger partial charge in [-0.25, -0.2) is 4.98 Å². The quantitative estimate of drug-likeness (QED) is 0.600. The molecule has 1 aromatic carbocycles. The normalized spacial score (nSPS) is 16.0. The van der Waals surface area contributed by atoms with Gasteiger partial charge < -0.3 is 4.74 Å². The third-order valence-corrected chi connectivity index (χ3v) is 5.46. The van der Waals surface area contributed by atoms with E-state index in [2.05, 4.69) is 18.0 Å². The number of aromatic nitrogens is 1. The fraction of sp³-hybridized carbons (Fsp3) is 0.350. The fourth-order valence-corrected chi connectivity index (χ4v) is 3.88. The summed E-state index contributed by atoms with van der Waals surface area (Å²) in [4.78, 5) is 17.1. The van der Waals surface area contributed by atoms with Crippen LogP contribution in [0.4, 0.5) is 0 Å². The number of aryl methyl sites for hydroxylation is 1. The van der Waals surface area contributed by atoms with Gasteiger partial charge in [-0.1, -0.05) is 18.7 Å². The van der Waals surface area contributed by atoms with Crippen LogP contribution in [0.5, 0.6) is 5.75 Å². The molecule has 1 unspecified atom stereocenters. The molecular formula is C20H20N2O2S. The van der Waals surface area contributed by atoms with E-state index in [1.54, 1.807) is 31.4 Å². The second-order valence-corrected chi connectivity index (χ2v) is 7.31. The largest absolute Gasteiger partial charge is 0.497 e. The summed E-state index contributed by atoms with van der Waals surface area (Å²) in [5.41, 5.74) is 3.47. The lowest BCUT2D eigenvalue weighted by Gasteiger charge is -2.21. The Morgan fingerprint density at radius 3 is 2.84 bits per heavy atom. The first-order valence-electron chi connectivity index (χ1n) is 8.33. The summed E-state index contributed by atoms with van der Waals surface area (Å²) in [6.45, 7) is 2.23. The van der Waals surface area contributed by atoms with E-state index in [9.17, 15) is 10.1 Å². The summed E-state index contributed by atoms with van der Waals surface area (Å²) in [6.07, 6.45) is 3.05. The predicted octanol–water partition coefficient (Wildman–Crippen LogP) is 4.06. The highest BCUT2D eigenvalue weighted by molar-refractivity contribution is 8.00. The van der Waals surface area contributed by atoms with Gasteiger partial charge >= 0.3 is 0 Å². The first-order chi connectivity index (χ1) is 12.1. The fourth-order valence-electron chi connectivity index (χ4n) is 3.01. The molecule has 0 bridgehead atoms. The van der Waals surface area contributed by atoms with Crippen molar-refractivity contribution in [3.05, 3.63) is 52.7 Å². The molecule has 3 rings (SSSR count). The van der Waals surface area contributed by atoms with Crippen LogP contribution in [0.2, 0.25) is 0 Å². The average Bonchev–Trinajstić information content (AvgIpc) is 2.65. The highest BCUT2D eigenvalue weighted by Gasteiger charge is 2.20. The van der Waals surface area contributed by atoms with Crippen LogP contribution in [0.15, 0.2) is 35.4 Å². The van der Waals surface area contributed by atoms with Crippen LogP contribution in [0.25, 0.3) is 0 Å². The van der Waals surface area contributed by atoms with Gasteiger partial charge in [0.15, 0.2) is 5.78 Å². The molecule has 0 aliphatic heterocycles. The van der Waals surface area contributed by atoms with Crippen LogP contribution < -0.4 is 4.74 Å². The number of fused-ring (bicyclic) bond motifs is 1. The lowest BCUT2D eigenvalue weighted by Crippen LogP contribution is -2.14. The van der Waals surface area contributed by atoms with Gasteiger partial charge in [0, 0.05) is 11.3 Å². The molecule has 0 fully saturated rings. The summed E-state index contributed by atoms with van der Waals surface area (Å²) in [5.74, 6) is 1.64. The van der Waals surface area contributed by atoms with Crippen molar-refractivity contribution >= 4 is 17.5 Å². The summed E-state index contributed by atoms with van der Waals surface area (Å²) in [7, 11) is 1.60. The number of rotatable bonds is 5. The molecule has 0 saturated heterocycles. The zero-order valence-electron chi connectivity index (χ0n) is 14.4. The molecule has 1 heterocycles. The highest BCUT2D eigenvalue weighted by Crippen LogP contribution is 2.29. The number of ketones is 1. The number of hydrogen-bond acceptors (Lipinski definition) is 5. The number of nitriles is 1. The molecule has 4 nitrogen and oxygen atoms in total. The van der Waals surface area contributed by atoms with Crippen molar-refractivity contribution in [2.75, 3.05) is 12.9 Å². The molecule has 1 atom stereocenters. The van der Waals surface area contributed by atoms with Crippen LogP contribution in [0.3, 0.4) is 0 Å². The Kier molecular flexibility index (Phi) is 5.40. The van der Waals surface area contributed by atoms with Gasteiger partial charge in [0.05, 0.1) is 18.4 Å². The third-order valence-electron chi connectivity index (χ3n) is 4.47. The van der Waals surface area contributed by atoms with Crippen molar-refractivity contribution in [1.29, 1.82) is 5.26 Å². The van der Waals surface area contributed by atoms with Gasteiger partial charge in [-0.15, -0.1) is 0 Å². The Balaban J connectivity index is 1.74. The van der Waals surface area contributed by atoms with Crippen molar-refractivity contribution in [1.82, 2.24) is 4.98 Å². The minimum absolute atomic E-state index is 0.0182. The Labute approximate surface area is 152 Å². The van der Waals surface area contributed by atoms with Crippen LogP contribution in [0, 0.1) is 17.2 Å². The number of nitrogens with zero attached hydrogens (tertiary/aromatic N) is 2. The number of ether oxygens (including phenoxy) is 1. The zero-order valence-corrected chi connectivity index (χ0v) is 15.2.